The summed E-state index contributed by atoms with van der Waals surface area (Å²) >= 11 is 0. The molecule has 2 aromatic rings. The minimum Gasteiger partial charge on any atom is -0.497 e. The fourth-order valence-corrected chi connectivity index (χ4v) is 2.84. The van der Waals surface area contributed by atoms with Gasteiger partial charge in [0.15, 0.2) is 0 Å². The van der Waals surface area contributed by atoms with Crippen LogP contribution >= 0.6 is 0 Å². The number of carbonyl (C=O) groups is 3. The van der Waals surface area contributed by atoms with Crippen LogP contribution in [0, 0.1) is 0 Å². The molecule has 0 aliphatic carbocycles. The highest BCUT2D eigenvalue weighted by molar-refractivity contribution is 5.95. The molecule has 0 radical (unpaired) electrons. The van der Waals surface area contributed by atoms with Gasteiger partial charge in [-0.3, -0.25) is 14.4 Å². The van der Waals surface area contributed by atoms with Crippen molar-refractivity contribution in [3.63, 3.8) is 0 Å². The lowest BCUT2D eigenvalue weighted by atomic mass is 10.1. The summed E-state index contributed by atoms with van der Waals surface area (Å²) in [5, 5.41) is 2.73. The van der Waals surface area contributed by atoms with E-state index in [-0.39, 0.29) is 24.8 Å². The molecule has 0 heterocycles. The molecule has 8 heteroatoms. The number of carbonyl (C=O) groups excluding carboxylic acids is 3. The van der Waals surface area contributed by atoms with E-state index in [4.69, 9.17) is 15.2 Å². The fraction of sp³-hybridized carbons (Fsp3) is 0.261. The summed E-state index contributed by atoms with van der Waals surface area (Å²) in [5.41, 5.74) is 6.82. The maximum absolute atomic E-state index is 12.6. The van der Waals surface area contributed by atoms with Crippen molar-refractivity contribution in [2.75, 3.05) is 32.6 Å². The molecule has 0 aromatic heterocycles. The van der Waals surface area contributed by atoms with Crippen LogP contribution in [0.3, 0.4) is 0 Å². The molecule has 0 saturated heterocycles. The Morgan fingerprint density at radius 3 is 2.35 bits per heavy atom. The monoisotopic (exact) mass is 425 g/mol. The number of amides is 3. The van der Waals surface area contributed by atoms with Gasteiger partial charge >= 0.3 is 0 Å². The summed E-state index contributed by atoms with van der Waals surface area (Å²) < 4.78 is 10.5. The van der Waals surface area contributed by atoms with Gasteiger partial charge in [0.05, 0.1) is 14.2 Å². The highest BCUT2D eigenvalue weighted by atomic mass is 16.5. The van der Waals surface area contributed by atoms with E-state index in [0.29, 0.717) is 34.9 Å². The predicted molar refractivity (Wildman–Crippen MR) is 119 cm³/mol. The van der Waals surface area contributed by atoms with Crippen molar-refractivity contribution in [2.45, 2.75) is 13.3 Å². The van der Waals surface area contributed by atoms with Gasteiger partial charge in [-0.2, -0.15) is 0 Å². The van der Waals surface area contributed by atoms with Gasteiger partial charge in [-0.05, 0) is 55.5 Å². The van der Waals surface area contributed by atoms with E-state index < -0.39 is 5.91 Å². The third-order valence-electron chi connectivity index (χ3n) is 4.60. The molecule has 0 spiro atoms. The van der Waals surface area contributed by atoms with Crippen LogP contribution in [0.4, 0.5) is 5.69 Å². The van der Waals surface area contributed by atoms with Crippen molar-refractivity contribution < 1.29 is 23.9 Å². The average Bonchev–Trinajstić information content (AvgIpc) is 2.78. The molecule has 8 nitrogen and oxygen atoms in total. The summed E-state index contributed by atoms with van der Waals surface area (Å²) in [4.78, 5) is 37.5. The zero-order valence-corrected chi connectivity index (χ0v) is 17.9. The number of rotatable bonds is 10. The zero-order valence-electron chi connectivity index (χ0n) is 17.9. The molecule has 2 rings (SSSR count). The van der Waals surface area contributed by atoms with Crippen LogP contribution in [-0.2, 0) is 9.59 Å². The molecule has 0 atom stereocenters. The first kappa shape index (κ1) is 23.5. The summed E-state index contributed by atoms with van der Waals surface area (Å²) in [6.07, 6.45) is 3.24. The van der Waals surface area contributed by atoms with Gasteiger partial charge in [0.1, 0.15) is 11.5 Å². The summed E-state index contributed by atoms with van der Waals surface area (Å²) in [5.74, 6) is 0.285. The molecule has 0 aliphatic heterocycles. The number of benzene rings is 2. The van der Waals surface area contributed by atoms with E-state index in [9.17, 15) is 14.4 Å². The first-order valence-corrected chi connectivity index (χ1v) is 9.76. The normalized spacial score (nSPS) is 10.5. The van der Waals surface area contributed by atoms with Gasteiger partial charge in [0, 0.05) is 42.4 Å². The minimum absolute atomic E-state index is 0.132. The second kappa shape index (κ2) is 11.4. The maximum atomic E-state index is 12.6. The van der Waals surface area contributed by atoms with Gasteiger partial charge in [-0.25, -0.2) is 0 Å². The van der Waals surface area contributed by atoms with Gasteiger partial charge in [0.2, 0.25) is 17.7 Å². The molecule has 2 aromatic carbocycles. The SMILES string of the molecule is CCN(CCC(=O)Nc1ccc(C(N)=O)cc1)C(=O)C=Cc1cc(OC)ccc1OC. The van der Waals surface area contributed by atoms with Crippen molar-refractivity contribution in [3.8, 4) is 11.5 Å². The van der Waals surface area contributed by atoms with Gasteiger partial charge in [-0.15, -0.1) is 0 Å². The van der Waals surface area contributed by atoms with Crippen LogP contribution in [0.2, 0.25) is 0 Å². The second-order valence-corrected chi connectivity index (χ2v) is 6.60. The lowest BCUT2D eigenvalue weighted by Crippen LogP contribution is -2.32. The van der Waals surface area contributed by atoms with Crippen molar-refractivity contribution in [1.29, 1.82) is 0 Å². The quantitative estimate of drug-likeness (QED) is 0.569. The highest BCUT2D eigenvalue weighted by Crippen LogP contribution is 2.25. The number of methoxy groups -OCH3 is 2. The maximum Gasteiger partial charge on any atom is 0.248 e. The molecule has 0 bridgehead atoms. The van der Waals surface area contributed by atoms with Crippen molar-refractivity contribution in [2.24, 2.45) is 5.73 Å². The average molecular weight is 425 g/mol. The summed E-state index contributed by atoms with van der Waals surface area (Å²) in [6, 6.07) is 11.6. The van der Waals surface area contributed by atoms with Crippen molar-refractivity contribution >= 4 is 29.5 Å². The number of likely N-dealkylation sites (N-methyl/N-ethyl adjacent to an activating group) is 1. The molecular formula is C23H27N3O5. The fourth-order valence-electron chi connectivity index (χ4n) is 2.84. The predicted octanol–water partition coefficient (Wildman–Crippen LogP) is 2.69. The van der Waals surface area contributed by atoms with E-state index >= 15 is 0 Å². The largest absolute Gasteiger partial charge is 0.497 e. The number of nitrogens with one attached hydrogen (secondary N) is 1. The summed E-state index contributed by atoms with van der Waals surface area (Å²) in [6.45, 7) is 2.57. The number of primary amides is 1. The van der Waals surface area contributed by atoms with Gasteiger partial charge in [-0.1, -0.05) is 0 Å². The first-order chi connectivity index (χ1) is 14.9. The lowest BCUT2D eigenvalue weighted by molar-refractivity contribution is -0.126. The topological polar surface area (TPSA) is 111 Å². The Morgan fingerprint density at radius 1 is 1.06 bits per heavy atom. The third kappa shape index (κ3) is 6.88. The van der Waals surface area contributed by atoms with Gasteiger partial charge < -0.3 is 25.4 Å². The minimum atomic E-state index is -0.533. The molecular weight excluding hydrogens is 398 g/mol. The number of anilines is 1. The van der Waals surface area contributed by atoms with E-state index in [1.165, 1.54) is 18.2 Å². The van der Waals surface area contributed by atoms with Crippen LogP contribution in [-0.4, -0.2) is 49.9 Å². The number of hydrogen-bond acceptors (Lipinski definition) is 5. The van der Waals surface area contributed by atoms with E-state index in [1.807, 2.05) is 6.92 Å². The molecule has 31 heavy (non-hydrogen) atoms. The molecule has 164 valence electrons. The first-order valence-electron chi connectivity index (χ1n) is 9.76. The van der Waals surface area contributed by atoms with E-state index in [2.05, 4.69) is 5.32 Å². The molecule has 0 unspecified atom stereocenters. The molecule has 0 fully saturated rings. The standard InChI is InChI=1S/C23H27N3O5/c1-4-26(14-13-21(27)25-18-8-5-16(6-9-18)23(24)29)22(28)12-7-17-15-19(30-2)10-11-20(17)31-3/h5-12,15H,4,13-14H2,1-3H3,(H2,24,29)(H,25,27). The van der Waals surface area contributed by atoms with E-state index in [1.54, 1.807) is 55.5 Å². The van der Waals surface area contributed by atoms with Crippen LogP contribution < -0.4 is 20.5 Å². The zero-order chi connectivity index (χ0) is 22.8. The van der Waals surface area contributed by atoms with Crippen LogP contribution in [0.1, 0.15) is 29.3 Å². The number of hydrogen-bond donors (Lipinski definition) is 2. The van der Waals surface area contributed by atoms with Crippen LogP contribution in [0.5, 0.6) is 11.5 Å². The van der Waals surface area contributed by atoms with Crippen LogP contribution in [0.25, 0.3) is 6.08 Å². The number of nitrogens with zero attached hydrogens (tertiary/aromatic N) is 1. The van der Waals surface area contributed by atoms with Crippen molar-refractivity contribution in [1.82, 2.24) is 4.90 Å². The molecule has 3 amide bonds. The molecule has 0 aliphatic rings. The van der Waals surface area contributed by atoms with Crippen molar-refractivity contribution in [3.05, 3.63) is 59.7 Å². The molecule has 0 saturated carbocycles. The number of nitrogens with two attached hydrogens (primary N) is 1. The Morgan fingerprint density at radius 2 is 1.77 bits per heavy atom. The Labute approximate surface area is 181 Å². The lowest BCUT2D eigenvalue weighted by Gasteiger charge is -2.19. The Kier molecular flexibility index (Phi) is 8.63. The Hall–Kier alpha value is -3.81. The number of ether oxygens (including phenoxy) is 2. The Bertz CT molecular complexity index is 954. The van der Waals surface area contributed by atoms with Gasteiger partial charge in [0.25, 0.3) is 0 Å². The van der Waals surface area contributed by atoms with E-state index in [0.717, 1.165) is 0 Å². The second-order valence-electron chi connectivity index (χ2n) is 6.60. The summed E-state index contributed by atoms with van der Waals surface area (Å²) in [7, 11) is 3.12. The van der Waals surface area contributed by atoms with Crippen LogP contribution in [0.15, 0.2) is 48.5 Å². The molecule has 3 N–H and O–H groups in total. The smallest absolute Gasteiger partial charge is 0.248 e. The Balaban J connectivity index is 1.94. The third-order valence-corrected chi connectivity index (χ3v) is 4.60. The highest BCUT2D eigenvalue weighted by Gasteiger charge is 2.12.